The lowest BCUT2D eigenvalue weighted by Crippen LogP contribution is -2.36. The van der Waals surface area contributed by atoms with Gasteiger partial charge in [0.1, 0.15) is 5.60 Å². The van der Waals surface area contributed by atoms with Crippen molar-refractivity contribution in [2.24, 2.45) is 0 Å². The van der Waals surface area contributed by atoms with Gasteiger partial charge >= 0.3 is 18.3 Å². The highest BCUT2D eigenvalue weighted by molar-refractivity contribution is 5.60. The standard InChI is InChI=1S/C17H26F5NO3/c1-15(2,3)25-14(24)26-23-12-8-10-13(23)9-6-4-5-7-11-16(18,19)17(20,21)22/h6,9,13H,4-5,7-8,10-12H2,1-3H3/b9-6-/t13-/m1/s1. The Balaban J connectivity index is 2.33. The number of rotatable bonds is 7. The van der Waals surface area contributed by atoms with E-state index in [1.54, 1.807) is 32.9 Å². The summed E-state index contributed by atoms with van der Waals surface area (Å²) in [6.45, 7) is 5.71. The Morgan fingerprint density at radius 3 is 2.38 bits per heavy atom. The molecule has 1 atom stereocenters. The highest BCUT2D eigenvalue weighted by atomic mass is 19.4. The average molecular weight is 387 g/mol. The summed E-state index contributed by atoms with van der Waals surface area (Å²) in [5, 5.41) is 1.49. The molecule has 0 bridgehead atoms. The Morgan fingerprint density at radius 1 is 1.15 bits per heavy atom. The number of nitrogens with zero attached hydrogens (tertiary/aromatic N) is 1. The van der Waals surface area contributed by atoms with E-state index in [0.29, 0.717) is 13.0 Å². The molecule has 1 aliphatic heterocycles. The molecule has 0 radical (unpaired) electrons. The number of hydroxylamine groups is 2. The number of ether oxygens (including phenoxy) is 1. The summed E-state index contributed by atoms with van der Waals surface area (Å²) in [7, 11) is 0. The molecule has 9 heteroatoms. The van der Waals surface area contributed by atoms with Crippen molar-refractivity contribution in [1.82, 2.24) is 5.06 Å². The van der Waals surface area contributed by atoms with E-state index in [2.05, 4.69) is 0 Å². The van der Waals surface area contributed by atoms with Crippen molar-refractivity contribution in [1.29, 1.82) is 0 Å². The molecular weight excluding hydrogens is 361 g/mol. The second-order valence-corrected chi connectivity index (χ2v) is 7.28. The van der Waals surface area contributed by atoms with Crippen molar-refractivity contribution in [3.05, 3.63) is 12.2 Å². The van der Waals surface area contributed by atoms with Gasteiger partial charge in [0.05, 0.1) is 6.04 Å². The van der Waals surface area contributed by atoms with Crippen molar-refractivity contribution in [2.45, 2.75) is 83.0 Å². The summed E-state index contributed by atoms with van der Waals surface area (Å²) in [6, 6.07) is -0.154. The summed E-state index contributed by atoms with van der Waals surface area (Å²) in [5.74, 6) is -4.64. The van der Waals surface area contributed by atoms with Crippen molar-refractivity contribution >= 4 is 6.16 Å². The smallest absolute Gasteiger partial charge is 0.427 e. The molecule has 0 unspecified atom stereocenters. The van der Waals surface area contributed by atoms with Gasteiger partial charge in [-0.2, -0.15) is 22.0 Å². The van der Waals surface area contributed by atoms with Gasteiger partial charge in [0.2, 0.25) is 0 Å². The third-order valence-electron chi connectivity index (χ3n) is 3.71. The Kier molecular flexibility index (Phi) is 7.85. The fourth-order valence-corrected chi connectivity index (χ4v) is 2.44. The van der Waals surface area contributed by atoms with Gasteiger partial charge in [-0.1, -0.05) is 12.2 Å². The highest BCUT2D eigenvalue weighted by Gasteiger charge is 2.56. The first-order valence-corrected chi connectivity index (χ1v) is 8.61. The molecule has 0 spiro atoms. The normalized spacial score (nSPS) is 19.9. The summed E-state index contributed by atoms with van der Waals surface area (Å²) < 4.78 is 66.7. The van der Waals surface area contributed by atoms with E-state index in [9.17, 15) is 26.7 Å². The van der Waals surface area contributed by atoms with E-state index in [-0.39, 0.29) is 18.9 Å². The number of carbonyl (C=O) groups excluding carboxylic acids is 1. The average Bonchev–Trinajstić information content (AvgIpc) is 2.86. The fraction of sp³-hybridized carbons (Fsp3) is 0.824. The molecule has 0 aromatic rings. The Morgan fingerprint density at radius 2 is 1.81 bits per heavy atom. The van der Waals surface area contributed by atoms with Crippen LogP contribution in [0.2, 0.25) is 0 Å². The predicted molar refractivity (Wildman–Crippen MR) is 85.7 cm³/mol. The Labute approximate surface area is 150 Å². The van der Waals surface area contributed by atoms with Crippen LogP contribution in [0.4, 0.5) is 26.7 Å². The molecule has 1 heterocycles. The van der Waals surface area contributed by atoms with Crippen molar-refractivity contribution < 1.29 is 36.3 Å². The van der Waals surface area contributed by atoms with Gasteiger partial charge in [-0.05, 0) is 52.9 Å². The van der Waals surface area contributed by atoms with Crippen LogP contribution < -0.4 is 0 Å². The first-order chi connectivity index (χ1) is 11.8. The number of allylic oxidation sites excluding steroid dienone is 1. The van der Waals surface area contributed by atoms with Crippen LogP contribution in [0.25, 0.3) is 0 Å². The van der Waals surface area contributed by atoms with Crippen LogP contribution in [0.3, 0.4) is 0 Å². The first kappa shape index (κ1) is 22.7. The molecule has 0 aromatic carbocycles. The Bertz CT molecular complexity index is 486. The van der Waals surface area contributed by atoms with Gasteiger partial charge in [-0.15, -0.1) is 5.06 Å². The highest BCUT2D eigenvalue weighted by Crippen LogP contribution is 2.39. The van der Waals surface area contributed by atoms with Crippen LogP contribution in [0.15, 0.2) is 12.2 Å². The van der Waals surface area contributed by atoms with E-state index >= 15 is 0 Å². The van der Waals surface area contributed by atoms with Gasteiger partial charge in [0.15, 0.2) is 0 Å². The van der Waals surface area contributed by atoms with E-state index in [4.69, 9.17) is 9.57 Å². The zero-order valence-corrected chi connectivity index (χ0v) is 15.2. The van der Waals surface area contributed by atoms with Gasteiger partial charge in [-0.25, -0.2) is 4.79 Å². The zero-order chi connectivity index (χ0) is 20.0. The summed E-state index contributed by atoms with van der Waals surface area (Å²) in [4.78, 5) is 16.8. The number of hydrogen-bond acceptors (Lipinski definition) is 4. The molecule has 26 heavy (non-hydrogen) atoms. The molecule has 0 aliphatic carbocycles. The van der Waals surface area contributed by atoms with E-state index in [0.717, 1.165) is 12.8 Å². The van der Waals surface area contributed by atoms with Crippen LogP contribution in [0.5, 0.6) is 0 Å². The van der Waals surface area contributed by atoms with Crippen molar-refractivity contribution in [3.8, 4) is 0 Å². The molecule has 4 nitrogen and oxygen atoms in total. The van der Waals surface area contributed by atoms with Crippen LogP contribution in [-0.4, -0.2) is 41.5 Å². The Hall–Kier alpha value is -1.38. The minimum atomic E-state index is -5.49. The molecule has 1 rings (SSSR count). The molecule has 0 N–H and O–H groups in total. The second kappa shape index (κ2) is 9.01. The molecule has 1 fully saturated rings. The van der Waals surface area contributed by atoms with E-state index in [1.807, 2.05) is 0 Å². The maximum atomic E-state index is 12.8. The number of hydrogen-bond donors (Lipinski definition) is 0. The lowest BCUT2D eigenvalue weighted by atomic mass is 10.1. The minimum Gasteiger partial charge on any atom is -0.427 e. The fourth-order valence-electron chi connectivity index (χ4n) is 2.44. The number of alkyl halides is 5. The lowest BCUT2D eigenvalue weighted by molar-refractivity contribution is -0.284. The number of halogens is 5. The maximum absolute atomic E-state index is 12.8. The molecule has 1 aliphatic rings. The molecule has 0 saturated carbocycles. The summed E-state index contributed by atoms with van der Waals surface area (Å²) >= 11 is 0. The van der Waals surface area contributed by atoms with Crippen LogP contribution >= 0.6 is 0 Å². The second-order valence-electron chi connectivity index (χ2n) is 7.28. The van der Waals surface area contributed by atoms with Crippen molar-refractivity contribution in [2.75, 3.05) is 6.54 Å². The molecule has 0 aromatic heterocycles. The number of carbonyl (C=O) groups is 1. The summed E-state index contributed by atoms with van der Waals surface area (Å²) in [6.07, 6.45) is -2.06. The monoisotopic (exact) mass is 387 g/mol. The minimum absolute atomic E-state index is 0.154. The number of unbranched alkanes of at least 4 members (excludes halogenated alkanes) is 2. The first-order valence-electron chi connectivity index (χ1n) is 8.61. The molecular formula is C17H26F5NO3. The summed E-state index contributed by atoms with van der Waals surface area (Å²) in [5.41, 5.74) is -0.666. The molecule has 0 amide bonds. The van der Waals surface area contributed by atoms with Crippen LogP contribution in [0, 0.1) is 0 Å². The maximum Gasteiger partial charge on any atom is 0.528 e. The lowest BCUT2D eigenvalue weighted by Gasteiger charge is -2.24. The van der Waals surface area contributed by atoms with Crippen molar-refractivity contribution in [3.63, 3.8) is 0 Å². The van der Waals surface area contributed by atoms with Gasteiger partial charge in [0.25, 0.3) is 0 Å². The molecule has 152 valence electrons. The van der Waals surface area contributed by atoms with E-state index < -0.39 is 30.3 Å². The van der Waals surface area contributed by atoms with Gasteiger partial charge < -0.3 is 9.57 Å². The SMILES string of the molecule is CC(C)(C)OC(=O)ON1CCC[C@H]1/C=C\CCCCC(F)(F)C(F)(F)F. The zero-order valence-electron chi connectivity index (χ0n) is 15.2. The van der Waals surface area contributed by atoms with E-state index in [1.165, 1.54) is 5.06 Å². The third-order valence-corrected chi connectivity index (χ3v) is 3.71. The van der Waals surface area contributed by atoms with Crippen LogP contribution in [0.1, 0.15) is 59.3 Å². The predicted octanol–water partition coefficient (Wildman–Crippen LogP) is 5.63. The van der Waals surface area contributed by atoms with Crippen LogP contribution in [-0.2, 0) is 9.57 Å². The van der Waals surface area contributed by atoms with Gasteiger partial charge in [0, 0.05) is 13.0 Å². The quantitative estimate of drug-likeness (QED) is 0.246. The van der Waals surface area contributed by atoms with Gasteiger partial charge in [-0.3, -0.25) is 0 Å². The third kappa shape index (κ3) is 7.88. The molecule has 1 saturated heterocycles. The largest absolute Gasteiger partial charge is 0.528 e. The topological polar surface area (TPSA) is 38.8 Å².